The lowest BCUT2D eigenvalue weighted by Crippen LogP contribution is -2.35. The van der Waals surface area contributed by atoms with E-state index < -0.39 is 0 Å². The second-order valence-electron chi connectivity index (χ2n) is 8.12. The lowest BCUT2D eigenvalue weighted by molar-refractivity contribution is 0.0724. The first-order valence-electron chi connectivity index (χ1n) is 11.3. The molecule has 0 aromatic heterocycles. The Morgan fingerprint density at radius 3 is 2.42 bits per heavy atom. The zero-order valence-corrected chi connectivity index (χ0v) is 20.0. The molecular weight excluding hydrogens is 480 g/mol. The highest BCUT2D eigenvalue weighted by molar-refractivity contribution is 9.10. The van der Waals surface area contributed by atoms with Crippen molar-refractivity contribution in [2.24, 2.45) is 0 Å². The Morgan fingerprint density at radius 1 is 0.879 bits per heavy atom. The Balaban J connectivity index is 1.36. The number of likely N-dealkylation sites (tertiary alicyclic amines) is 1. The van der Waals surface area contributed by atoms with Crippen molar-refractivity contribution in [2.45, 2.75) is 25.7 Å². The van der Waals surface area contributed by atoms with Crippen molar-refractivity contribution in [3.63, 3.8) is 0 Å². The van der Waals surface area contributed by atoms with E-state index in [0.29, 0.717) is 29.2 Å². The van der Waals surface area contributed by atoms with Gasteiger partial charge in [0.05, 0.1) is 11.1 Å². The van der Waals surface area contributed by atoms with Crippen LogP contribution in [-0.4, -0.2) is 36.4 Å². The third kappa shape index (κ3) is 6.23. The van der Waals surface area contributed by atoms with E-state index in [-0.39, 0.29) is 11.8 Å². The number of carbonyl (C=O) groups is 2. The summed E-state index contributed by atoms with van der Waals surface area (Å²) in [5.74, 6) is 0.469. The van der Waals surface area contributed by atoms with Gasteiger partial charge in [-0.3, -0.25) is 9.59 Å². The van der Waals surface area contributed by atoms with Crippen molar-refractivity contribution >= 4 is 33.4 Å². The molecule has 1 aliphatic rings. The van der Waals surface area contributed by atoms with Gasteiger partial charge in [0.1, 0.15) is 5.75 Å². The third-order valence-corrected chi connectivity index (χ3v) is 6.32. The van der Waals surface area contributed by atoms with Crippen molar-refractivity contribution in [2.75, 3.05) is 25.0 Å². The maximum atomic E-state index is 12.8. The quantitative estimate of drug-likeness (QED) is 0.430. The molecule has 1 N–H and O–H groups in total. The van der Waals surface area contributed by atoms with Gasteiger partial charge >= 0.3 is 0 Å². The molecule has 1 fully saturated rings. The van der Waals surface area contributed by atoms with Crippen molar-refractivity contribution in [3.8, 4) is 5.75 Å². The number of carbonyl (C=O) groups excluding carboxylic acids is 2. The van der Waals surface area contributed by atoms with E-state index in [9.17, 15) is 9.59 Å². The van der Waals surface area contributed by atoms with Crippen molar-refractivity contribution in [1.29, 1.82) is 0 Å². The van der Waals surface area contributed by atoms with Gasteiger partial charge in [0.15, 0.2) is 0 Å². The number of nitrogens with one attached hydrogen (secondary N) is 1. The monoisotopic (exact) mass is 506 g/mol. The van der Waals surface area contributed by atoms with Gasteiger partial charge in [-0.05, 0) is 77.2 Å². The van der Waals surface area contributed by atoms with Crippen molar-refractivity contribution in [3.05, 3.63) is 94.0 Å². The van der Waals surface area contributed by atoms with Gasteiger partial charge < -0.3 is 15.0 Å². The fourth-order valence-electron chi connectivity index (χ4n) is 3.90. The van der Waals surface area contributed by atoms with Crippen LogP contribution in [0.2, 0.25) is 0 Å². The van der Waals surface area contributed by atoms with Crippen LogP contribution in [0.5, 0.6) is 5.75 Å². The molecular formula is C27H27BrN2O3. The maximum absolute atomic E-state index is 12.8. The van der Waals surface area contributed by atoms with Crippen LogP contribution in [0.3, 0.4) is 0 Å². The van der Waals surface area contributed by atoms with E-state index in [1.807, 2.05) is 23.1 Å². The summed E-state index contributed by atoms with van der Waals surface area (Å²) in [7, 11) is 0. The molecule has 1 saturated heterocycles. The molecule has 0 radical (unpaired) electrons. The summed E-state index contributed by atoms with van der Waals surface area (Å²) in [4.78, 5) is 27.4. The lowest BCUT2D eigenvalue weighted by atomic mass is 10.1. The minimum Gasteiger partial charge on any atom is -0.492 e. The average molecular weight is 507 g/mol. The van der Waals surface area contributed by atoms with E-state index >= 15 is 0 Å². The van der Waals surface area contributed by atoms with Crippen LogP contribution in [-0.2, 0) is 6.42 Å². The molecule has 170 valence electrons. The molecule has 5 nitrogen and oxygen atoms in total. The third-order valence-electron chi connectivity index (χ3n) is 5.70. The Hall–Kier alpha value is -3.12. The standard InChI is InChI=1S/C27H27BrN2O3/c28-24-19-21(12-13-25(24)33-17-14-20-8-3-1-4-9-20)26(31)29-23-11-7-10-22(18-23)27(32)30-15-5-2-6-16-30/h1,3-4,7-13,18-19H,2,5-6,14-17H2,(H,29,31). The number of piperidine rings is 1. The molecule has 6 heteroatoms. The predicted molar refractivity (Wildman–Crippen MR) is 134 cm³/mol. The van der Waals surface area contributed by atoms with Gasteiger partial charge in [-0.2, -0.15) is 0 Å². The molecule has 0 saturated carbocycles. The van der Waals surface area contributed by atoms with E-state index in [1.54, 1.807) is 42.5 Å². The number of halogens is 1. The molecule has 4 rings (SSSR count). The van der Waals surface area contributed by atoms with Crippen LogP contribution in [0.15, 0.2) is 77.3 Å². The molecule has 0 aliphatic carbocycles. The molecule has 0 atom stereocenters. The second-order valence-corrected chi connectivity index (χ2v) is 8.97. The van der Waals surface area contributed by atoms with E-state index in [1.165, 1.54) is 12.0 Å². The lowest BCUT2D eigenvalue weighted by Gasteiger charge is -2.26. The van der Waals surface area contributed by atoms with Crippen LogP contribution in [0.25, 0.3) is 0 Å². The fraction of sp³-hybridized carbons (Fsp3) is 0.259. The number of ether oxygens (including phenoxy) is 1. The summed E-state index contributed by atoms with van der Waals surface area (Å²) in [6.45, 7) is 2.14. The minimum absolute atomic E-state index is 0.0190. The summed E-state index contributed by atoms with van der Waals surface area (Å²) in [5, 5.41) is 2.90. The number of benzene rings is 3. The summed E-state index contributed by atoms with van der Waals surface area (Å²) in [6.07, 6.45) is 4.07. The van der Waals surface area contributed by atoms with E-state index in [0.717, 1.165) is 36.8 Å². The molecule has 3 aromatic rings. The molecule has 33 heavy (non-hydrogen) atoms. The topological polar surface area (TPSA) is 58.6 Å². The molecule has 0 spiro atoms. The first-order valence-corrected chi connectivity index (χ1v) is 12.1. The first kappa shape index (κ1) is 23.1. The fourth-order valence-corrected chi connectivity index (χ4v) is 4.39. The Kier molecular flexibility index (Phi) is 7.79. The summed E-state index contributed by atoms with van der Waals surface area (Å²) < 4.78 is 6.59. The van der Waals surface area contributed by atoms with Gasteiger partial charge in [0.2, 0.25) is 0 Å². The van der Waals surface area contributed by atoms with Crippen LogP contribution >= 0.6 is 15.9 Å². The summed E-state index contributed by atoms with van der Waals surface area (Å²) in [5.41, 5.74) is 2.91. The van der Waals surface area contributed by atoms with Gasteiger partial charge in [-0.1, -0.05) is 36.4 Å². The zero-order valence-electron chi connectivity index (χ0n) is 18.4. The number of nitrogens with zero attached hydrogens (tertiary/aromatic N) is 1. The first-order chi connectivity index (χ1) is 16.1. The number of rotatable bonds is 7. The maximum Gasteiger partial charge on any atom is 0.255 e. The largest absolute Gasteiger partial charge is 0.492 e. The van der Waals surface area contributed by atoms with Crippen molar-refractivity contribution < 1.29 is 14.3 Å². The number of anilines is 1. The normalized spacial score (nSPS) is 13.4. The molecule has 0 unspecified atom stereocenters. The van der Waals surface area contributed by atoms with Crippen LogP contribution in [0.1, 0.15) is 45.5 Å². The number of hydrogen-bond donors (Lipinski definition) is 1. The molecule has 0 bridgehead atoms. The second kappa shape index (κ2) is 11.1. The molecule has 3 aromatic carbocycles. The van der Waals surface area contributed by atoms with Gasteiger partial charge in [-0.15, -0.1) is 0 Å². The molecule has 2 amide bonds. The zero-order chi connectivity index (χ0) is 23.0. The van der Waals surface area contributed by atoms with Crippen LogP contribution in [0.4, 0.5) is 5.69 Å². The van der Waals surface area contributed by atoms with Gasteiger partial charge in [0, 0.05) is 36.3 Å². The van der Waals surface area contributed by atoms with Crippen LogP contribution in [0, 0.1) is 0 Å². The van der Waals surface area contributed by atoms with Gasteiger partial charge in [-0.25, -0.2) is 0 Å². The minimum atomic E-state index is -0.242. The van der Waals surface area contributed by atoms with E-state index in [2.05, 4.69) is 33.4 Å². The smallest absolute Gasteiger partial charge is 0.255 e. The number of amides is 2. The van der Waals surface area contributed by atoms with Gasteiger partial charge in [0.25, 0.3) is 11.8 Å². The highest BCUT2D eigenvalue weighted by Crippen LogP contribution is 2.27. The Labute approximate surface area is 202 Å². The van der Waals surface area contributed by atoms with Crippen LogP contribution < -0.4 is 10.1 Å². The van der Waals surface area contributed by atoms with E-state index in [4.69, 9.17) is 4.74 Å². The number of hydrogen-bond acceptors (Lipinski definition) is 3. The SMILES string of the molecule is O=C(Nc1cccc(C(=O)N2CCCCC2)c1)c1ccc(OCCc2ccccc2)c(Br)c1. The average Bonchev–Trinajstić information content (AvgIpc) is 2.86. The summed E-state index contributed by atoms with van der Waals surface area (Å²) >= 11 is 3.51. The Morgan fingerprint density at radius 2 is 1.67 bits per heavy atom. The predicted octanol–water partition coefficient (Wildman–Crippen LogP) is 5.95. The summed E-state index contributed by atoms with van der Waals surface area (Å²) in [6, 6.07) is 22.6. The Bertz CT molecular complexity index is 1110. The molecule has 1 aliphatic heterocycles. The highest BCUT2D eigenvalue weighted by Gasteiger charge is 2.18. The highest BCUT2D eigenvalue weighted by atomic mass is 79.9. The molecule has 1 heterocycles. The van der Waals surface area contributed by atoms with Crippen molar-refractivity contribution in [1.82, 2.24) is 4.90 Å².